The van der Waals surface area contributed by atoms with Crippen LogP contribution in [0.2, 0.25) is 0 Å². The lowest BCUT2D eigenvalue weighted by atomic mass is 10.0. The Morgan fingerprint density at radius 1 is 1.29 bits per heavy atom. The van der Waals surface area contributed by atoms with Gasteiger partial charge in [-0.15, -0.1) is 0 Å². The molecule has 1 aromatic rings. The van der Waals surface area contributed by atoms with Crippen LogP contribution >= 0.6 is 15.9 Å². The van der Waals surface area contributed by atoms with Crippen LogP contribution in [-0.2, 0) is 6.42 Å². The fourth-order valence-electron chi connectivity index (χ4n) is 2.01. The lowest BCUT2D eigenvalue weighted by molar-refractivity contribution is 0.170. The molecule has 17 heavy (non-hydrogen) atoms. The number of nitrogens with two attached hydrogens (primary N) is 1. The topological polar surface area (TPSA) is 44.5 Å². The molecule has 0 amide bonds. The molecule has 94 valence electrons. The molecule has 0 saturated heterocycles. The molecule has 1 aliphatic rings. The van der Waals surface area contributed by atoms with Gasteiger partial charge < -0.3 is 15.2 Å². The molecular formula is C13H18BrNO2. The zero-order valence-corrected chi connectivity index (χ0v) is 11.7. The van der Waals surface area contributed by atoms with E-state index >= 15 is 0 Å². The Morgan fingerprint density at radius 3 is 2.82 bits per heavy atom. The van der Waals surface area contributed by atoms with Gasteiger partial charge in [0.2, 0.25) is 0 Å². The number of halogens is 1. The Hall–Kier alpha value is -0.740. The van der Waals surface area contributed by atoms with Gasteiger partial charge in [0.1, 0.15) is 13.2 Å². The average Bonchev–Trinajstić information content (AvgIpc) is 2.35. The molecule has 4 heteroatoms. The van der Waals surface area contributed by atoms with E-state index in [2.05, 4.69) is 28.9 Å². The molecule has 0 unspecified atom stereocenters. The van der Waals surface area contributed by atoms with Gasteiger partial charge in [-0.2, -0.15) is 0 Å². The first kappa shape index (κ1) is 12.7. The number of unbranched alkanes of at least 4 members (excludes halogenated alkanes) is 1. The fourth-order valence-corrected chi connectivity index (χ4v) is 2.57. The molecule has 3 nitrogen and oxygen atoms in total. The SMILES string of the molecule is Cc1c(CCCCN)cc2c(c1Br)OCCO2. The summed E-state index contributed by atoms with van der Waals surface area (Å²) in [4.78, 5) is 0. The smallest absolute Gasteiger partial charge is 0.175 e. The second kappa shape index (κ2) is 5.74. The molecule has 0 saturated carbocycles. The van der Waals surface area contributed by atoms with Crippen LogP contribution in [0.15, 0.2) is 10.5 Å². The first-order valence-electron chi connectivity index (χ1n) is 6.01. The lowest BCUT2D eigenvalue weighted by Gasteiger charge is -2.22. The summed E-state index contributed by atoms with van der Waals surface area (Å²) in [7, 11) is 0. The van der Waals surface area contributed by atoms with E-state index in [0.717, 1.165) is 41.8 Å². The molecule has 2 N–H and O–H groups in total. The number of ether oxygens (including phenoxy) is 2. The van der Waals surface area contributed by atoms with Crippen LogP contribution in [0.1, 0.15) is 24.0 Å². The third kappa shape index (κ3) is 2.75. The third-order valence-electron chi connectivity index (χ3n) is 3.03. The van der Waals surface area contributed by atoms with Crippen LogP contribution in [0.4, 0.5) is 0 Å². The molecule has 0 fully saturated rings. The van der Waals surface area contributed by atoms with Crippen LogP contribution in [0, 0.1) is 6.92 Å². The van der Waals surface area contributed by atoms with Crippen molar-refractivity contribution >= 4 is 15.9 Å². The predicted molar refractivity (Wildman–Crippen MR) is 71.9 cm³/mol. The molecule has 0 spiro atoms. The first-order chi connectivity index (χ1) is 8.24. The summed E-state index contributed by atoms with van der Waals surface area (Å²) in [6, 6.07) is 2.10. The van der Waals surface area contributed by atoms with Crippen molar-refractivity contribution in [2.75, 3.05) is 19.8 Å². The summed E-state index contributed by atoms with van der Waals surface area (Å²) in [5, 5.41) is 0. The van der Waals surface area contributed by atoms with Crippen LogP contribution < -0.4 is 15.2 Å². The molecule has 0 atom stereocenters. The van der Waals surface area contributed by atoms with Crippen molar-refractivity contribution in [1.82, 2.24) is 0 Å². The Bertz CT molecular complexity index is 407. The van der Waals surface area contributed by atoms with E-state index in [1.165, 1.54) is 11.1 Å². The maximum Gasteiger partial charge on any atom is 0.175 e. The molecule has 0 radical (unpaired) electrons. The van der Waals surface area contributed by atoms with Crippen molar-refractivity contribution in [2.45, 2.75) is 26.2 Å². The zero-order chi connectivity index (χ0) is 12.3. The minimum Gasteiger partial charge on any atom is -0.486 e. The van der Waals surface area contributed by atoms with Gasteiger partial charge in [0.05, 0.1) is 4.47 Å². The molecular weight excluding hydrogens is 282 g/mol. The van der Waals surface area contributed by atoms with Gasteiger partial charge in [-0.25, -0.2) is 0 Å². The minimum absolute atomic E-state index is 0.623. The second-order valence-electron chi connectivity index (χ2n) is 4.24. The highest BCUT2D eigenvalue weighted by molar-refractivity contribution is 9.10. The summed E-state index contributed by atoms with van der Waals surface area (Å²) < 4.78 is 12.3. The maximum absolute atomic E-state index is 5.63. The van der Waals surface area contributed by atoms with E-state index in [9.17, 15) is 0 Å². The van der Waals surface area contributed by atoms with Gasteiger partial charge in [0, 0.05) is 0 Å². The lowest BCUT2D eigenvalue weighted by Crippen LogP contribution is -2.16. The van der Waals surface area contributed by atoms with E-state index in [0.29, 0.717) is 13.2 Å². The predicted octanol–water partition coefficient (Wildman–Crippen LogP) is 2.81. The highest BCUT2D eigenvalue weighted by Gasteiger charge is 2.19. The standard InChI is InChI=1S/C13H18BrNO2/c1-9-10(4-2-3-5-15)8-11-13(12(9)14)17-7-6-16-11/h8H,2-7,15H2,1H3. The Kier molecular flexibility index (Phi) is 4.29. The summed E-state index contributed by atoms with van der Waals surface area (Å²) in [6.45, 7) is 4.12. The quantitative estimate of drug-likeness (QED) is 0.870. The number of fused-ring (bicyclic) bond motifs is 1. The van der Waals surface area contributed by atoms with Gasteiger partial charge in [-0.1, -0.05) is 0 Å². The molecule has 1 aromatic carbocycles. The van der Waals surface area contributed by atoms with E-state index in [-0.39, 0.29) is 0 Å². The van der Waals surface area contributed by atoms with Gasteiger partial charge in [-0.3, -0.25) is 0 Å². The van der Waals surface area contributed by atoms with Crippen molar-refractivity contribution < 1.29 is 9.47 Å². The first-order valence-corrected chi connectivity index (χ1v) is 6.81. The van der Waals surface area contributed by atoms with Gasteiger partial charge in [0.15, 0.2) is 11.5 Å². The van der Waals surface area contributed by atoms with Crippen LogP contribution in [-0.4, -0.2) is 19.8 Å². The number of benzene rings is 1. The number of aryl methyl sites for hydroxylation is 1. The number of hydrogen-bond acceptors (Lipinski definition) is 3. The molecule has 0 bridgehead atoms. The van der Waals surface area contributed by atoms with E-state index in [1.807, 2.05) is 0 Å². The molecule has 1 aliphatic heterocycles. The van der Waals surface area contributed by atoms with Crippen molar-refractivity contribution in [3.8, 4) is 11.5 Å². The highest BCUT2D eigenvalue weighted by Crippen LogP contribution is 2.41. The van der Waals surface area contributed by atoms with Gasteiger partial charge in [-0.05, 0) is 65.9 Å². The largest absolute Gasteiger partial charge is 0.486 e. The second-order valence-corrected chi connectivity index (χ2v) is 5.04. The average molecular weight is 300 g/mol. The molecule has 0 aromatic heterocycles. The van der Waals surface area contributed by atoms with Crippen molar-refractivity contribution in [3.63, 3.8) is 0 Å². The molecule has 0 aliphatic carbocycles. The summed E-state index contributed by atoms with van der Waals surface area (Å²) >= 11 is 3.60. The van der Waals surface area contributed by atoms with Crippen molar-refractivity contribution in [1.29, 1.82) is 0 Å². The van der Waals surface area contributed by atoms with E-state index < -0.39 is 0 Å². The van der Waals surface area contributed by atoms with Crippen molar-refractivity contribution in [2.24, 2.45) is 5.73 Å². The molecule has 1 heterocycles. The van der Waals surface area contributed by atoms with Gasteiger partial charge in [0.25, 0.3) is 0 Å². The highest BCUT2D eigenvalue weighted by atomic mass is 79.9. The zero-order valence-electron chi connectivity index (χ0n) is 10.1. The summed E-state index contributed by atoms with van der Waals surface area (Å²) in [5.74, 6) is 1.70. The fraction of sp³-hybridized carbons (Fsp3) is 0.538. The summed E-state index contributed by atoms with van der Waals surface area (Å²) in [5.41, 5.74) is 8.07. The maximum atomic E-state index is 5.63. The van der Waals surface area contributed by atoms with E-state index in [4.69, 9.17) is 15.2 Å². The Morgan fingerprint density at radius 2 is 2.06 bits per heavy atom. The van der Waals surface area contributed by atoms with E-state index in [1.54, 1.807) is 0 Å². The third-order valence-corrected chi connectivity index (χ3v) is 3.98. The number of rotatable bonds is 4. The summed E-state index contributed by atoms with van der Waals surface area (Å²) in [6.07, 6.45) is 3.22. The van der Waals surface area contributed by atoms with Crippen LogP contribution in [0.3, 0.4) is 0 Å². The van der Waals surface area contributed by atoms with Crippen LogP contribution in [0.25, 0.3) is 0 Å². The molecule has 2 rings (SSSR count). The Balaban J connectivity index is 2.24. The minimum atomic E-state index is 0.623. The monoisotopic (exact) mass is 299 g/mol. The van der Waals surface area contributed by atoms with Crippen LogP contribution in [0.5, 0.6) is 11.5 Å². The number of hydrogen-bond donors (Lipinski definition) is 1. The van der Waals surface area contributed by atoms with Crippen molar-refractivity contribution in [3.05, 3.63) is 21.7 Å². The normalized spacial score (nSPS) is 13.8. The Labute approximate surface area is 110 Å². The van der Waals surface area contributed by atoms with Gasteiger partial charge >= 0.3 is 0 Å².